The maximum absolute atomic E-state index is 8.81. The van der Waals surface area contributed by atoms with Crippen molar-refractivity contribution in [1.82, 2.24) is 10.1 Å². The molecule has 1 saturated heterocycles. The van der Waals surface area contributed by atoms with Crippen molar-refractivity contribution >= 4 is 0 Å². The smallest absolute Gasteiger partial charge is 0.139 e. The molecule has 2 heterocycles. The minimum absolute atomic E-state index is 0.122. The third-order valence-electron chi connectivity index (χ3n) is 3.30. The lowest BCUT2D eigenvalue weighted by atomic mass is 10.0. The molecule has 2 rings (SSSR count). The fourth-order valence-electron chi connectivity index (χ4n) is 2.25. The molecule has 90 valence electrons. The van der Waals surface area contributed by atoms with E-state index in [1.165, 1.54) is 0 Å². The summed E-state index contributed by atoms with van der Waals surface area (Å²) < 4.78 is 5.18. The second-order valence-electron chi connectivity index (χ2n) is 4.77. The van der Waals surface area contributed by atoms with Crippen LogP contribution in [0.2, 0.25) is 0 Å². The van der Waals surface area contributed by atoms with Gasteiger partial charge in [0.1, 0.15) is 5.76 Å². The van der Waals surface area contributed by atoms with Gasteiger partial charge in [-0.3, -0.25) is 0 Å². The monoisotopic (exact) mass is 224 g/mol. The molecule has 1 aromatic heterocycles. The minimum atomic E-state index is 0.122. The van der Waals surface area contributed by atoms with E-state index in [1.807, 2.05) is 6.07 Å². The summed E-state index contributed by atoms with van der Waals surface area (Å²) in [6.45, 7) is 6.79. The molecule has 0 radical (unpaired) electrons. The fourth-order valence-corrected chi connectivity index (χ4v) is 2.25. The highest BCUT2D eigenvalue weighted by Crippen LogP contribution is 2.27. The lowest BCUT2D eigenvalue weighted by Crippen LogP contribution is -2.27. The van der Waals surface area contributed by atoms with E-state index in [2.05, 4.69) is 23.9 Å². The molecule has 0 spiro atoms. The van der Waals surface area contributed by atoms with Gasteiger partial charge in [0.2, 0.25) is 0 Å². The Morgan fingerprint density at radius 3 is 3.06 bits per heavy atom. The van der Waals surface area contributed by atoms with Crippen molar-refractivity contribution in [2.24, 2.45) is 0 Å². The molecule has 0 amide bonds. The van der Waals surface area contributed by atoms with Crippen molar-refractivity contribution in [3.05, 3.63) is 17.5 Å². The Hall–Kier alpha value is -0.870. The summed E-state index contributed by atoms with van der Waals surface area (Å²) in [6.07, 6.45) is 1.72. The first-order valence-corrected chi connectivity index (χ1v) is 6.01. The van der Waals surface area contributed by atoms with Gasteiger partial charge in [-0.15, -0.1) is 0 Å². The van der Waals surface area contributed by atoms with Crippen molar-refractivity contribution in [1.29, 1.82) is 0 Å². The molecule has 1 N–H and O–H groups in total. The quantitative estimate of drug-likeness (QED) is 0.840. The number of nitrogens with zero attached hydrogens (tertiary/aromatic N) is 2. The second kappa shape index (κ2) is 4.97. The minimum Gasteiger partial charge on any atom is -0.396 e. The molecule has 1 fully saturated rings. The van der Waals surface area contributed by atoms with Crippen LogP contribution in [0.15, 0.2) is 10.6 Å². The predicted molar refractivity (Wildman–Crippen MR) is 61.4 cm³/mol. The van der Waals surface area contributed by atoms with Crippen molar-refractivity contribution in [3.63, 3.8) is 0 Å². The first-order chi connectivity index (χ1) is 7.70. The van der Waals surface area contributed by atoms with Gasteiger partial charge in [0.25, 0.3) is 0 Å². The number of rotatable bonds is 4. The van der Waals surface area contributed by atoms with Crippen LogP contribution in [-0.4, -0.2) is 40.9 Å². The summed E-state index contributed by atoms with van der Waals surface area (Å²) in [5.74, 6) is 1.29. The van der Waals surface area contributed by atoms with Crippen LogP contribution in [0.5, 0.6) is 0 Å². The lowest BCUT2D eigenvalue weighted by Gasteiger charge is -2.19. The first-order valence-electron chi connectivity index (χ1n) is 6.01. The summed E-state index contributed by atoms with van der Waals surface area (Å²) in [4.78, 5) is 2.46. The van der Waals surface area contributed by atoms with Crippen LogP contribution >= 0.6 is 0 Å². The van der Waals surface area contributed by atoms with Crippen LogP contribution in [-0.2, 0) is 6.42 Å². The number of aliphatic hydroxyl groups is 1. The number of aliphatic hydroxyl groups excluding tert-OH is 1. The molecule has 4 heteroatoms. The summed E-state index contributed by atoms with van der Waals surface area (Å²) in [5.41, 5.74) is 1.05. The molecular weight excluding hydrogens is 204 g/mol. The van der Waals surface area contributed by atoms with Crippen LogP contribution in [0.4, 0.5) is 0 Å². The standard InChI is InChI=1S/C12H20N2O2/c1-9(2)14-5-3-10(8-14)12-7-11(4-6-15)16-13-12/h7,9-10,15H,3-6,8H2,1-2H3/t10-/m0/s1. The molecular formula is C12H20N2O2. The molecule has 0 bridgehead atoms. The van der Waals surface area contributed by atoms with Gasteiger partial charge in [0, 0.05) is 31.0 Å². The van der Waals surface area contributed by atoms with Crippen LogP contribution in [0, 0.1) is 0 Å². The van der Waals surface area contributed by atoms with Crippen LogP contribution < -0.4 is 0 Å². The van der Waals surface area contributed by atoms with Crippen LogP contribution in [0.25, 0.3) is 0 Å². The Morgan fingerprint density at radius 2 is 2.44 bits per heavy atom. The van der Waals surface area contributed by atoms with Crippen molar-refractivity contribution < 1.29 is 9.63 Å². The number of likely N-dealkylation sites (tertiary alicyclic amines) is 1. The van der Waals surface area contributed by atoms with Gasteiger partial charge in [-0.05, 0) is 26.8 Å². The molecule has 0 aliphatic carbocycles. The van der Waals surface area contributed by atoms with E-state index >= 15 is 0 Å². The van der Waals surface area contributed by atoms with E-state index in [0.29, 0.717) is 18.4 Å². The van der Waals surface area contributed by atoms with Crippen LogP contribution in [0.1, 0.15) is 37.6 Å². The molecule has 1 atom stereocenters. The zero-order chi connectivity index (χ0) is 11.5. The molecule has 1 aliphatic rings. The molecule has 4 nitrogen and oxygen atoms in total. The highest BCUT2D eigenvalue weighted by molar-refractivity contribution is 5.13. The largest absolute Gasteiger partial charge is 0.396 e. The molecule has 0 aromatic carbocycles. The highest BCUT2D eigenvalue weighted by atomic mass is 16.5. The summed E-state index contributed by atoms with van der Waals surface area (Å²) >= 11 is 0. The second-order valence-corrected chi connectivity index (χ2v) is 4.77. The van der Waals surface area contributed by atoms with Gasteiger partial charge in [-0.1, -0.05) is 5.16 Å². The van der Waals surface area contributed by atoms with E-state index in [0.717, 1.165) is 31.0 Å². The maximum Gasteiger partial charge on any atom is 0.139 e. The Kier molecular flexibility index (Phi) is 3.61. The topological polar surface area (TPSA) is 49.5 Å². The van der Waals surface area contributed by atoms with Gasteiger partial charge < -0.3 is 14.5 Å². The Morgan fingerprint density at radius 1 is 1.62 bits per heavy atom. The van der Waals surface area contributed by atoms with Gasteiger partial charge in [0.15, 0.2) is 0 Å². The fraction of sp³-hybridized carbons (Fsp3) is 0.750. The maximum atomic E-state index is 8.81. The normalized spacial score (nSPS) is 22.1. The molecule has 1 aliphatic heterocycles. The van der Waals surface area contributed by atoms with E-state index < -0.39 is 0 Å². The molecule has 1 aromatic rings. The highest BCUT2D eigenvalue weighted by Gasteiger charge is 2.27. The number of aromatic nitrogens is 1. The van der Waals surface area contributed by atoms with Crippen molar-refractivity contribution in [3.8, 4) is 0 Å². The molecule has 0 saturated carbocycles. The van der Waals surface area contributed by atoms with E-state index in [-0.39, 0.29) is 6.61 Å². The van der Waals surface area contributed by atoms with Gasteiger partial charge in [0.05, 0.1) is 12.3 Å². The van der Waals surface area contributed by atoms with Gasteiger partial charge >= 0.3 is 0 Å². The van der Waals surface area contributed by atoms with E-state index in [9.17, 15) is 0 Å². The SMILES string of the molecule is CC(C)N1CC[C@H](c2cc(CCO)on2)C1. The third-order valence-corrected chi connectivity index (χ3v) is 3.30. The Bertz CT molecular complexity index is 336. The van der Waals surface area contributed by atoms with Gasteiger partial charge in [-0.2, -0.15) is 0 Å². The van der Waals surface area contributed by atoms with E-state index in [1.54, 1.807) is 0 Å². The van der Waals surface area contributed by atoms with Crippen molar-refractivity contribution in [2.45, 2.75) is 38.6 Å². The summed E-state index contributed by atoms with van der Waals surface area (Å²) in [7, 11) is 0. The number of hydrogen-bond donors (Lipinski definition) is 1. The zero-order valence-corrected chi connectivity index (χ0v) is 10.0. The Balaban J connectivity index is 1.97. The van der Waals surface area contributed by atoms with Crippen molar-refractivity contribution in [2.75, 3.05) is 19.7 Å². The third kappa shape index (κ3) is 2.44. The predicted octanol–water partition coefficient (Wildman–Crippen LogP) is 1.41. The lowest BCUT2D eigenvalue weighted by molar-refractivity contribution is 0.269. The zero-order valence-electron chi connectivity index (χ0n) is 10.0. The average molecular weight is 224 g/mol. The van der Waals surface area contributed by atoms with Crippen LogP contribution in [0.3, 0.4) is 0 Å². The number of hydrogen-bond acceptors (Lipinski definition) is 4. The summed E-state index contributed by atoms with van der Waals surface area (Å²) in [5, 5.41) is 12.9. The Labute approximate surface area is 96.2 Å². The van der Waals surface area contributed by atoms with Gasteiger partial charge in [-0.25, -0.2) is 0 Å². The first kappa shape index (κ1) is 11.6. The average Bonchev–Trinajstić information content (AvgIpc) is 2.84. The molecule has 0 unspecified atom stereocenters. The molecule has 16 heavy (non-hydrogen) atoms. The summed E-state index contributed by atoms with van der Waals surface area (Å²) in [6, 6.07) is 2.60. The van der Waals surface area contributed by atoms with E-state index in [4.69, 9.17) is 9.63 Å².